The Balaban J connectivity index is 2.25. The third-order valence-electron chi connectivity index (χ3n) is 1.60. The van der Waals surface area contributed by atoms with E-state index in [4.69, 9.17) is 5.11 Å². The summed E-state index contributed by atoms with van der Waals surface area (Å²) in [6.07, 6.45) is 3.55. The monoisotopic (exact) mass is 198 g/mol. The van der Waals surface area contributed by atoms with Crippen LogP contribution in [0.1, 0.15) is 5.69 Å². The molecular weight excluding hydrogens is 184 g/mol. The van der Waals surface area contributed by atoms with Crippen molar-refractivity contribution in [1.82, 2.24) is 10.3 Å². The first-order valence-electron chi connectivity index (χ1n) is 4.16. The van der Waals surface area contributed by atoms with Gasteiger partial charge in [0.15, 0.2) is 0 Å². The third kappa shape index (κ3) is 4.15. The Hall–Kier alpha value is -0.740. The smallest absolute Gasteiger partial charge is 0.133 e. The summed E-state index contributed by atoms with van der Waals surface area (Å²) in [6.45, 7) is 1.75. The molecule has 3 nitrogen and oxygen atoms in total. The first-order valence-corrected chi connectivity index (χ1v) is 5.56. The van der Waals surface area contributed by atoms with Crippen molar-refractivity contribution in [1.29, 1.82) is 0 Å². The number of hydrogen-bond donors (Lipinski definition) is 2. The van der Waals surface area contributed by atoms with Crippen molar-refractivity contribution < 1.29 is 5.11 Å². The lowest BCUT2D eigenvalue weighted by atomic mass is 10.3. The Labute approximate surface area is 82.6 Å². The highest BCUT2D eigenvalue weighted by Crippen LogP contribution is 2.05. The maximum absolute atomic E-state index is 8.98. The van der Waals surface area contributed by atoms with Gasteiger partial charge in [-0.1, -0.05) is 0 Å². The highest BCUT2D eigenvalue weighted by Gasteiger charge is 1.93. The van der Waals surface area contributed by atoms with Crippen molar-refractivity contribution in [3.8, 4) is 5.75 Å². The van der Waals surface area contributed by atoms with Gasteiger partial charge in [0.1, 0.15) is 5.75 Å². The van der Waals surface area contributed by atoms with Gasteiger partial charge in [-0.2, -0.15) is 11.8 Å². The molecule has 72 valence electrons. The lowest BCUT2D eigenvalue weighted by molar-refractivity contribution is 0.472. The average molecular weight is 198 g/mol. The minimum Gasteiger partial charge on any atom is -0.506 e. The van der Waals surface area contributed by atoms with Crippen LogP contribution >= 0.6 is 11.8 Å². The molecule has 1 aromatic heterocycles. The minimum atomic E-state index is 0.216. The number of aromatic nitrogens is 1. The molecule has 0 radical (unpaired) electrons. The number of hydrogen-bond acceptors (Lipinski definition) is 4. The van der Waals surface area contributed by atoms with Crippen LogP contribution in [-0.4, -0.2) is 28.6 Å². The second-order valence-corrected chi connectivity index (χ2v) is 3.66. The minimum absolute atomic E-state index is 0.216. The van der Waals surface area contributed by atoms with E-state index in [-0.39, 0.29) is 5.75 Å². The topological polar surface area (TPSA) is 45.1 Å². The highest BCUT2D eigenvalue weighted by molar-refractivity contribution is 7.98. The molecule has 0 aliphatic carbocycles. The molecule has 0 aliphatic heterocycles. The van der Waals surface area contributed by atoms with Crippen molar-refractivity contribution in [2.45, 2.75) is 6.54 Å². The van der Waals surface area contributed by atoms with E-state index in [1.807, 2.05) is 17.8 Å². The standard InChI is InChI=1S/C9H14N2OS/c1-13-5-4-10-6-8-2-3-9(12)7-11-8/h2-3,7,10,12H,4-6H2,1H3. The van der Waals surface area contributed by atoms with Crippen LogP contribution in [0.3, 0.4) is 0 Å². The molecule has 0 fully saturated rings. The highest BCUT2D eigenvalue weighted by atomic mass is 32.2. The van der Waals surface area contributed by atoms with Crippen LogP contribution in [0, 0.1) is 0 Å². The molecular formula is C9H14N2OS. The number of nitrogens with zero attached hydrogens (tertiary/aromatic N) is 1. The van der Waals surface area contributed by atoms with Crippen LogP contribution in [0.2, 0.25) is 0 Å². The van der Waals surface area contributed by atoms with Crippen molar-refractivity contribution in [2.24, 2.45) is 0 Å². The lowest BCUT2D eigenvalue weighted by Crippen LogP contribution is -2.16. The number of thioether (sulfide) groups is 1. The molecule has 1 rings (SSSR count). The Morgan fingerprint density at radius 2 is 2.38 bits per heavy atom. The van der Waals surface area contributed by atoms with Gasteiger partial charge >= 0.3 is 0 Å². The Kier molecular flexibility index (Phi) is 4.64. The van der Waals surface area contributed by atoms with Gasteiger partial charge in [-0.15, -0.1) is 0 Å². The van der Waals surface area contributed by atoms with Gasteiger partial charge in [0.05, 0.1) is 11.9 Å². The summed E-state index contributed by atoms with van der Waals surface area (Å²) in [5, 5.41) is 12.2. The summed E-state index contributed by atoms with van der Waals surface area (Å²) >= 11 is 1.82. The SMILES string of the molecule is CSCCNCc1ccc(O)cn1. The van der Waals surface area contributed by atoms with E-state index in [0.29, 0.717) is 0 Å². The van der Waals surface area contributed by atoms with Crippen LogP contribution in [0.25, 0.3) is 0 Å². The summed E-state index contributed by atoms with van der Waals surface area (Å²) in [5.74, 6) is 1.32. The maximum Gasteiger partial charge on any atom is 0.133 e. The van der Waals surface area contributed by atoms with E-state index >= 15 is 0 Å². The molecule has 4 heteroatoms. The van der Waals surface area contributed by atoms with E-state index in [9.17, 15) is 0 Å². The zero-order valence-electron chi connectivity index (χ0n) is 7.66. The Morgan fingerprint density at radius 1 is 1.54 bits per heavy atom. The maximum atomic E-state index is 8.98. The first-order chi connectivity index (χ1) is 6.33. The summed E-state index contributed by atoms with van der Waals surface area (Å²) in [6, 6.07) is 3.47. The first kappa shape index (κ1) is 10.3. The lowest BCUT2D eigenvalue weighted by Gasteiger charge is -2.02. The molecule has 0 aliphatic rings. The van der Waals surface area contributed by atoms with Crippen molar-refractivity contribution in [3.63, 3.8) is 0 Å². The van der Waals surface area contributed by atoms with Gasteiger partial charge in [-0.05, 0) is 18.4 Å². The van der Waals surface area contributed by atoms with E-state index in [1.54, 1.807) is 6.07 Å². The molecule has 0 aromatic carbocycles. The molecule has 0 unspecified atom stereocenters. The largest absolute Gasteiger partial charge is 0.506 e. The van der Waals surface area contributed by atoms with Crippen LogP contribution in [0.4, 0.5) is 0 Å². The number of rotatable bonds is 5. The predicted molar refractivity (Wildman–Crippen MR) is 56.0 cm³/mol. The summed E-state index contributed by atoms with van der Waals surface area (Å²) < 4.78 is 0. The van der Waals surface area contributed by atoms with Gasteiger partial charge in [-0.3, -0.25) is 4.98 Å². The summed E-state index contributed by atoms with van der Waals surface area (Å²) in [5.41, 5.74) is 0.957. The van der Waals surface area contributed by atoms with Crippen molar-refractivity contribution in [3.05, 3.63) is 24.0 Å². The molecule has 0 amide bonds. The molecule has 2 N–H and O–H groups in total. The molecule has 0 bridgehead atoms. The Bertz CT molecular complexity index is 238. The zero-order valence-corrected chi connectivity index (χ0v) is 8.47. The van der Waals surface area contributed by atoms with Crippen LogP contribution in [0.5, 0.6) is 5.75 Å². The van der Waals surface area contributed by atoms with E-state index in [1.165, 1.54) is 6.20 Å². The summed E-state index contributed by atoms with van der Waals surface area (Å²) in [7, 11) is 0. The fraction of sp³-hybridized carbons (Fsp3) is 0.444. The summed E-state index contributed by atoms with van der Waals surface area (Å²) in [4.78, 5) is 4.06. The number of nitrogens with one attached hydrogen (secondary N) is 1. The van der Waals surface area contributed by atoms with Gasteiger partial charge in [0.25, 0.3) is 0 Å². The second kappa shape index (κ2) is 5.83. The fourth-order valence-electron chi connectivity index (χ4n) is 0.912. The number of pyridine rings is 1. The van der Waals surface area contributed by atoms with E-state index in [0.717, 1.165) is 24.5 Å². The van der Waals surface area contributed by atoms with Gasteiger partial charge < -0.3 is 10.4 Å². The normalized spacial score (nSPS) is 10.2. The van der Waals surface area contributed by atoms with Crippen LogP contribution < -0.4 is 5.32 Å². The molecule has 0 saturated heterocycles. The molecule has 0 saturated carbocycles. The zero-order chi connectivity index (χ0) is 9.52. The fourth-order valence-corrected chi connectivity index (χ4v) is 1.26. The van der Waals surface area contributed by atoms with E-state index < -0.39 is 0 Å². The second-order valence-electron chi connectivity index (χ2n) is 2.68. The molecule has 1 aromatic rings. The van der Waals surface area contributed by atoms with E-state index in [2.05, 4.69) is 16.6 Å². The van der Waals surface area contributed by atoms with Crippen LogP contribution in [0.15, 0.2) is 18.3 Å². The average Bonchev–Trinajstić information content (AvgIpc) is 2.15. The number of aromatic hydroxyl groups is 1. The molecule has 1 heterocycles. The van der Waals surface area contributed by atoms with Crippen LogP contribution in [-0.2, 0) is 6.54 Å². The van der Waals surface area contributed by atoms with Gasteiger partial charge in [0, 0.05) is 18.8 Å². The molecule has 0 atom stereocenters. The van der Waals surface area contributed by atoms with Gasteiger partial charge in [-0.25, -0.2) is 0 Å². The molecule has 0 spiro atoms. The quantitative estimate of drug-likeness (QED) is 0.699. The Morgan fingerprint density at radius 3 is 3.00 bits per heavy atom. The van der Waals surface area contributed by atoms with Crippen molar-refractivity contribution >= 4 is 11.8 Å². The molecule has 13 heavy (non-hydrogen) atoms. The van der Waals surface area contributed by atoms with Gasteiger partial charge in [0.2, 0.25) is 0 Å². The predicted octanol–water partition coefficient (Wildman–Crippen LogP) is 1.24. The van der Waals surface area contributed by atoms with Crippen molar-refractivity contribution in [2.75, 3.05) is 18.6 Å². The third-order valence-corrected chi connectivity index (χ3v) is 2.21.